The molecule has 0 aliphatic carbocycles. The fraction of sp³-hybridized carbons (Fsp3) is 0.143. The van der Waals surface area contributed by atoms with Crippen LogP contribution in [0.25, 0.3) is 0 Å². The highest BCUT2D eigenvalue weighted by Gasteiger charge is 2.19. The van der Waals surface area contributed by atoms with Crippen LogP contribution in [0.3, 0.4) is 0 Å². The lowest BCUT2D eigenvalue weighted by molar-refractivity contribution is -0.384. The highest BCUT2D eigenvalue weighted by Crippen LogP contribution is 2.31. The minimum absolute atomic E-state index is 0.120. The molecule has 1 unspecified atom stereocenters. The number of nitro benzene ring substituents is 1. The first kappa shape index (κ1) is 14.3. The molecule has 2 rings (SSSR count). The van der Waals surface area contributed by atoms with Crippen molar-refractivity contribution in [3.8, 4) is 0 Å². The standard InChI is InChI=1S/C14H12ClFN2O2/c1-9(10-4-2-5-11(15)8-10)17-14-12(16)6-3-7-13(14)18(19)20/h2-9,17H,1H3. The number of rotatable bonds is 4. The first-order chi connectivity index (χ1) is 9.49. The summed E-state index contributed by atoms with van der Waals surface area (Å²) in [5, 5.41) is 14.3. The first-order valence-corrected chi connectivity index (χ1v) is 6.31. The molecule has 1 atom stereocenters. The molecular formula is C14H12ClFN2O2. The smallest absolute Gasteiger partial charge is 0.295 e. The Labute approximate surface area is 120 Å². The predicted molar refractivity (Wildman–Crippen MR) is 76.5 cm³/mol. The third-order valence-corrected chi connectivity index (χ3v) is 3.13. The number of para-hydroxylation sites is 1. The van der Waals surface area contributed by atoms with Crippen LogP contribution in [0.2, 0.25) is 5.02 Å². The number of nitro groups is 1. The summed E-state index contributed by atoms with van der Waals surface area (Å²) >= 11 is 5.89. The van der Waals surface area contributed by atoms with Crippen LogP contribution in [-0.2, 0) is 0 Å². The van der Waals surface area contributed by atoms with Crippen molar-refractivity contribution in [2.24, 2.45) is 0 Å². The van der Waals surface area contributed by atoms with Gasteiger partial charge in [0.25, 0.3) is 5.69 Å². The van der Waals surface area contributed by atoms with E-state index in [1.54, 1.807) is 25.1 Å². The predicted octanol–water partition coefficient (Wildman–Crippen LogP) is 4.56. The molecule has 0 radical (unpaired) electrons. The topological polar surface area (TPSA) is 55.2 Å². The Morgan fingerprint density at radius 2 is 2.00 bits per heavy atom. The molecule has 2 aromatic carbocycles. The molecule has 1 N–H and O–H groups in total. The summed E-state index contributed by atoms with van der Waals surface area (Å²) in [7, 11) is 0. The fourth-order valence-electron chi connectivity index (χ4n) is 1.88. The zero-order valence-electron chi connectivity index (χ0n) is 10.6. The van der Waals surface area contributed by atoms with Crippen molar-refractivity contribution in [2.75, 3.05) is 5.32 Å². The van der Waals surface area contributed by atoms with E-state index >= 15 is 0 Å². The van der Waals surface area contributed by atoms with Crippen LogP contribution in [0.5, 0.6) is 0 Å². The van der Waals surface area contributed by atoms with E-state index in [1.165, 1.54) is 18.2 Å². The monoisotopic (exact) mass is 294 g/mol. The Balaban J connectivity index is 2.32. The van der Waals surface area contributed by atoms with E-state index in [9.17, 15) is 14.5 Å². The molecule has 20 heavy (non-hydrogen) atoms. The lowest BCUT2D eigenvalue weighted by atomic mass is 10.1. The van der Waals surface area contributed by atoms with Crippen molar-refractivity contribution in [2.45, 2.75) is 13.0 Å². The third-order valence-electron chi connectivity index (χ3n) is 2.90. The van der Waals surface area contributed by atoms with E-state index in [2.05, 4.69) is 5.32 Å². The summed E-state index contributed by atoms with van der Waals surface area (Å²) < 4.78 is 13.8. The number of hydrogen-bond donors (Lipinski definition) is 1. The average Bonchev–Trinajstić information content (AvgIpc) is 2.40. The van der Waals surface area contributed by atoms with E-state index in [1.807, 2.05) is 6.07 Å². The normalized spacial score (nSPS) is 11.9. The number of nitrogens with one attached hydrogen (secondary N) is 1. The van der Waals surface area contributed by atoms with Gasteiger partial charge in [-0.3, -0.25) is 10.1 Å². The van der Waals surface area contributed by atoms with Crippen LogP contribution in [-0.4, -0.2) is 4.92 Å². The van der Waals surface area contributed by atoms with E-state index < -0.39 is 10.7 Å². The molecule has 0 saturated carbocycles. The average molecular weight is 295 g/mol. The maximum absolute atomic E-state index is 13.8. The summed E-state index contributed by atoms with van der Waals surface area (Å²) in [5.41, 5.74) is 0.402. The largest absolute Gasteiger partial charge is 0.371 e. The molecule has 4 nitrogen and oxygen atoms in total. The number of hydrogen-bond acceptors (Lipinski definition) is 3. The van der Waals surface area contributed by atoms with Crippen LogP contribution in [0.1, 0.15) is 18.5 Å². The lowest BCUT2D eigenvalue weighted by Crippen LogP contribution is -2.10. The second kappa shape index (κ2) is 5.88. The SMILES string of the molecule is CC(Nc1c(F)cccc1[N+](=O)[O-])c1cccc(Cl)c1. The van der Waals surface area contributed by atoms with Crippen molar-refractivity contribution >= 4 is 23.0 Å². The molecule has 2 aromatic rings. The van der Waals surface area contributed by atoms with E-state index in [4.69, 9.17) is 11.6 Å². The Morgan fingerprint density at radius 1 is 1.30 bits per heavy atom. The van der Waals surface area contributed by atoms with Crippen molar-refractivity contribution in [1.29, 1.82) is 0 Å². The highest BCUT2D eigenvalue weighted by molar-refractivity contribution is 6.30. The van der Waals surface area contributed by atoms with Gasteiger partial charge in [0.05, 0.1) is 4.92 Å². The molecular weight excluding hydrogens is 283 g/mol. The quantitative estimate of drug-likeness (QED) is 0.664. The number of benzene rings is 2. The van der Waals surface area contributed by atoms with E-state index in [0.29, 0.717) is 5.02 Å². The van der Waals surface area contributed by atoms with Crippen LogP contribution in [0.4, 0.5) is 15.8 Å². The van der Waals surface area contributed by atoms with Gasteiger partial charge in [0, 0.05) is 17.1 Å². The molecule has 0 fully saturated rings. The zero-order valence-corrected chi connectivity index (χ0v) is 11.4. The zero-order chi connectivity index (χ0) is 14.7. The van der Waals surface area contributed by atoms with Crippen molar-refractivity contribution in [3.05, 3.63) is 69.0 Å². The minimum Gasteiger partial charge on any atom is -0.371 e. The molecule has 0 aliphatic rings. The Morgan fingerprint density at radius 3 is 2.65 bits per heavy atom. The minimum atomic E-state index is -0.659. The molecule has 6 heteroatoms. The summed E-state index contributed by atoms with van der Waals surface area (Å²) in [6.07, 6.45) is 0. The van der Waals surface area contributed by atoms with E-state index in [0.717, 1.165) is 5.56 Å². The maximum Gasteiger partial charge on any atom is 0.295 e. The Kier molecular flexibility index (Phi) is 4.20. The van der Waals surface area contributed by atoms with Crippen molar-refractivity contribution in [3.63, 3.8) is 0 Å². The van der Waals surface area contributed by atoms with Gasteiger partial charge in [0.2, 0.25) is 0 Å². The van der Waals surface area contributed by atoms with Crippen molar-refractivity contribution in [1.82, 2.24) is 0 Å². The van der Waals surface area contributed by atoms with E-state index in [-0.39, 0.29) is 17.4 Å². The molecule has 0 amide bonds. The van der Waals surface area contributed by atoms with Gasteiger partial charge in [-0.15, -0.1) is 0 Å². The molecule has 0 spiro atoms. The lowest BCUT2D eigenvalue weighted by Gasteiger charge is -2.16. The molecule has 0 heterocycles. The van der Waals surface area contributed by atoms with Gasteiger partial charge in [0.1, 0.15) is 5.69 Å². The summed E-state index contributed by atoms with van der Waals surface area (Å²) in [5.74, 6) is -0.659. The van der Waals surface area contributed by atoms with Gasteiger partial charge in [-0.2, -0.15) is 0 Å². The van der Waals surface area contributed by atoms with Gasteiger partial charge < -0.3 is 5.32 Å². The van der Waals surface area contributed by atoms with Crippen LogP contribution in [0, 0.1) is 15.9 Å². The van der Waals surface area contributed by atoms with Crippen molar-refractivity contribution < 1.29 is 9.31 Å². The fourth-order valence-corrected chi connectivity index (χ4v) is 2.08. The van der Waals surface area contributed by atoms with Gasteiger partial charge >= 0.3 is 0 Å². The van der Waals surface area contributed by atoms with Gasteiger partial charge in [0.15, 0.2) is 5.82 Å². The number of halogens is 2. The van der Waals surface area contributed by atoms with Crippen LogP contribution in [0.15, 0.2) is 42.5 Å². The van der Waals surface area contributed by atoms with Gasteiger partial charge in [-0.05, 0) is 30.7 Å². The molecule has 0 aliphatic heterocycles. The van der Waals surface area contributed by atoms with Crippen LogP contribution >= 0.6 is 11.6 Å². The number of anilines is 1. The molecule has 0 aromatic heterocycles. The Hall–Kier alpha value is -2.14. The van der Waals surface area contributed by atoms with Gasteiger partial charge in [-0.1, -0.05) is 29.8 Å². The molecule has 104 valence electrons. The molecule has 0 bridgehead atoms. The summed E-state index contributed by atoms with van der Waals surface area (Å²) in [4.78, 5) is 10.3. The number of nitrogens with zero attached hydrogens (tertiary/aromatic N) is 1. The third kappa shape index (κ3) is 3.05. The molecule has 0 saturated heterocycles. The second-order valence-electron chi connectivity index (χ2n) is 4.31. The second-order valence-corrected chi connectivity index (χ2v) is 4.75. The van der Waals surface area contributed by atoms with Gasteiger partial charge in [-0.25, -0.2) is 4.39 Å². The first-order valence-electron chi connectivity index (χ1n) is 5.94. The maximum atomic E-state index is 13.8. The highest BCUT2D eigenvalue weighted by atomic mass is 35.5. The van der Waals surface area contributed by atoms with Crippen LogP contribution < -0.4 is 5.32 Å². The Bertz CT molecular complexity index is 649. The summed E-state index contributed by atoms with van der Waals surface area (Å²) in [6, 6.07) is 10.5. The summed E-state index contributed by atoms with van der Waals surface area (Å²) in [6.45, 7) is 1.78.